The molecule has 142 valence electrons. The maximum absolute atomic E-state index is 12.3. The summed E-state index contributed by atoms with van der Waals surface area (Å²) >= 11 is 3.34. The average molecular weight is 439 g/mol. The largest absolute Gasteiger partial charge is 0.484 e. The average Bonchev–Trinajstić information content (AvgIpc) is 2.72. The molecule has 0 aliphatic heterocycles. The highest BCUT2D eigenvalue weighted by atomic mass is 79.9. The molecule has 0 saturated heterocycles. The van der Waals surface area contributed by atoms with Crippen LogP contribution in [0.25, 0.3) is 0 Å². The van der Waals surface area contributed by atoms with Crippen LogP contribution in [0, 0.1) is 0 Å². The Morgan fingerprint density at radius 1 is 0.893 bits per heavy atom. The molecule has 0 aromatic heterocycles. The molecular weight excluding hydrogens is 420 g/mol. The molecule has 0 bridgehead atoms. The second-order valence-corrected chi connectivity index (χ2v) is 6.96. The number of carbonyl (C=O) groups excluding carboxylic acids is 2. The van der Waals surface area contributed by atoms with Crippen molar-refractivity contribution in [2.75, 3.05) is 11.9 Å². The number of ether oxygens (including phenoxy) is 1. The highest BCUT2D eigenvalue weighted by Gasteiger charge is 2.08. The summed E-state index contributed by atoms with van der Waals surface area (Å²) in [6, 6.07) is 23.7. The van der Waals surface area contributed by atoms with Crippen LogP contribution < -0.4 is 15.4 Å². The number of nitrogens with one attached hydrogen (secondary N) is 2. The Kier molecular flexibility index (Phi) is 6.81. The van der Waals surface area contributed by atoms with Gasteiger partial charge >= 0.3 is 0 Å². The van der Waals surface area contributed by atoms with Gasteiger partial charge in [0.25, 0.3) is 11.8 Å². The summed E-state index contributed by atoms with van der Waals surface area (Å²) in [5.41, 5.74) is 2.03. The van der Waals surface area contributed by atoms with Gasteiger partial charge in [0, 0.05) is 22.3 Å². The van der Waals surface area contributed by atoms with E-state index in [2.05, 4.69) is 26.6 Å². The van der Waals surface area contributed by atoms with Crippen LogP contribution in [0.1, 0.15) is 15.9 Å². The zero-order valence-corrected chi connectivity index (χ0v) is 16.6. The van der Waals surface area contributed by atoms with Crippen LogP contribution in [0.4, 0.5) is 5.69 Å². The lowest BCUT2D eigenvalue weighted by atomic mass is 10.1. The lowest BCUT2D eigenvalue weighted by Crippen LogP contribution is -2.23. The highest BCUT2D eigenvalue weighted by Crippen LogP contribution is 2.16. The molecule has 3 aromatic carbocycles. The van der Waals surface area contributed by atoms with Crippen molar-refractivity contribution < 1.29 is 14.3 Å². The second kappa shape index (κ2) is 9.71. The molecule has 0 spiro atoms. The van der Waals surface area contributed by atoms with Gasteiger partial charge in [-0.15, -0.1) is 0 Å². The van der Waals surface area contributed by atoms with E-state index >= 15 is 0 Å². The minimum absolute atomic E-state index is 0.119. The molecule has 0 radical (unpaired) electrons. The molecule has 2 amide bonds. The predicted octanol–water partition coefficient (Wildman–Crippen LogP) is 4.40. The molecule has 0 atom stereocenters. The first-order valence-electron chi connectivity index (χ1n) is 8.70. The van der Waals surface area contributed by atoms with E-state index in [1.807, 2.05) is 42.5 Å². The first kappa shape index (κ1) is 19.6. The Bertz CT molecular complexity index is 944. The van der Waals surface area contributed by atoms with E-state index in [4.69, 9.17) is 4.74 Å². The van der Waals surface area contributed by atoms with Crippen LogP contribution >= 0.6 is 15.9 Å². The van der Waals surface area contributed by atoms with Gasteiger partial charge in [-0.1, -0.05) is 52.3 Å². The van der Waals surface area contributed by atoms with Crippen molar-refractivity contribution in [3.63, 3.8) is 0 Å². The summed E-state index contributed by atoms with van der Waals surface area (Å²) < 4.78 is 6.38. The zero-order chi connectivity index (χ0) is 19.8. The third kappa shape index (κ3) is 5.96. The summed E-state index contributed by atoms with van der Waals surface area (Å²) in [6.07, 6.45) is 0. The normalized spacial score (nSPS) is 10.2. The maximum atomic E-state index is 12.3. The molecule has 0 fully saturated rings. The molecule has 0 saturated carbocycles. The Labute approximate surface area is 171 Å². The first-order valence-corrected chi connectivity index (χ1v) is 9.50. The van der Waals surface area contributed by atoms with E-state index in [9.17, 15) is 9.59 Å². The van der Waals surface area contributed by atoms with E-state index in [1.165, 1.54) is 0 Å². The standard InChI is InChI=1S/C22H19BrN2O3/c23-18-9-11-20(12-10-18)28-15-21(26)25-19-8-4-7-17(13-19)22(27)24-14-16-5-2-1-3-6-16/h1-13H,14-15H2,(H,24,27)(H,25,26). The molecule has 5 nitrogen and oxygen atoms in total. The Morgan fingerprint density at radius 2 is 1.64 bits per heavy atom. The van der Waals surface area contributed by atoms with Gasteiger partial charge in [-0.25, -0.2) is 0 Å². The molecule has 6 heteroatoms. The zero-order valence-electron chi connectivity index (χ0n) is 15.0. The van der Waals surface area contributed by atoms with E-state index < -0.39 is 0 Å². The summed E-state index contributed by atoms with van der Waals surface area (Å²) in [7, 11) is 0. The number of amides is 2. The monoisotopic (exact) mass is 438 g/mol. The van der Waals surface area contributed by atoms with Crippen LogP contribution in [0.2, 0.25) is 0 Å². The molecule has 0 aliphatic rings. The van der Waals surface area contributed by atoms with Crippen LogP contribution in [-0.2, 0) is 11.3 Å². The van der Waals surface area contributed by atoms with Crippen molar-refractivity contribution in [2.45, 2.75) is 6.54 Å². The topological polar surface area (TPSA) is 67.4 Å². The first-order chi connectivity index (χ1) is 13.6. The lowest BCUT2D eigenvalue weighted by molar-refractivity contribution is -0.118. The van der Waals surface area contributed by atoms with Gasteiger partial charge in [0.15, 0.2) is 6.61 Å². The third-order valence-electron chi connectivity index (χ3n) is 3.89. The van der Waals surface area contributed by atoms with Crippen molar-refractivity contribution >= 4 is 33.4 Å². The van der Waals surface area contributed by atoms with Crippen molar-refractivity contribution in [3.05, 3.63) is 94.5 Å². The van der Waals surface area contributed by atoms with E-state index in [1.54, 1.807) is 36.4 Å². The summed E-state index contributed by atoms with van der Waals surface area (Å²) in [5.74, 6) is 0.100. The predicted molar refractivity (Wildman–Crippen MR) is 112 cm³/mol. The SMILES string of the molecule is O=C(COc1ccc(Br)cc1)Nc1cccc(C(=O)NCc2ccccc2)c1. The maximum Gasteiger partial charge on any atom is 0.262 e. The molecule has 0 heterocycles. The number of hydrogen-bond donors (Lipinski definition) is 2. The molecular formula is C22H19BrN2O3. The van der Waals surface area contributed by atoms with Crippen molar-refractivity contribution in [3.8, 4) is 5.75 Å². The smallest absolute Gasteiger partial charge is 0.262 e. The molecule has 28 heavy (non-hydrogen) atoms. The number of rotatable bonds is 7. The molecule has 3 aromatic rings. The second-order valence-electron chi connectivity index (χ2n) is 6.04. The van der Waals surface area contributed by atoms with Crippen LogP contribution in [0.5, 0.6) is 5.75 Å². The molecule has 3 rings (SSSR count). The van der Waals surface area contributed by atoms with E-state index in [0.717, 1.165) is 10.0 Å². The van der Waals surface area contributed by atoms with Crippen LogP contribution in [-0.4, -0.2) is 18.4 Å². The minimum atomic E-state index is -0.301. The quantitative estimate of drug-likeness (QED) is 0.574. The van der Waals surface area contributed by atoms with Crippen LogP contribution in [0.3, 0.4) is 0 Å². The number of benzene rings is 3. The van der Waals surface area contributed by atoms with Crippen molar-refractivity contribution in [1.82, 2.24) is 5.32 Å². The fraction of sp³-hybridized carbons (Fsp3) is 0.0909. The Hall–Kier alpha value is -3.12. The number of anilines is 1. The number of hydrogen-bond acceptors (Lipinski definition) is 3. The van der Waals surface area contributed by atoms with Gasteiger partial charge in [0.05, 0.1) is 0 Å². The summed E-state index contributed by atoms with van der Waals surface area (Å²) in [5, 5.41) is 5.61. The van der Waals surface area contributed by atoms with Gasteiger partial charge in [-0.3, -0.25) is 9.59 Å². The number of carbonyl (C=O) groups is 2. The molecule has 2 N–H and O–H groups in total. The Morgan fingerprint density at radius 3 is 2.39 bits per heavy atom. The Balaban J connectivity index is 1.52. The minimum Gasteiger partial charge on any atom is -0.484 e. The number of halogens is 1. The van der Waals surface area contributed by atoms with Crippen LogP contribution in [0.15, 0.2) is 83.3 Å². The highest BCUT2D eigenvalue weighted by molar-refractivity contribution is 9.10. The van der Waals surface area contributed by atoms with Gasteiger partial charge < -0.3 is 15.4 Å². The van der Waals surface area contributed by atoms with Gasteiger partial charge in [0.1, 0.15) is 5.75 Å². The fourth-order valence-corrected chi connectivity index (χ4v) is 2.76. The third-order valence-corrected chi connectivity index (χ3v) is 4.42. The lowest BCUT2D eigenvalue weighted by Gasteiger charge is -2.09. The van der Waals surface area contributed by atoms with E-state index in [0.29, 0.717) is 23.5 Å². The fourth-order valence-electron chi connectivity index (χ4n) is 2.50. The van der Waals surface area contributed by atoms with Gasteiger partial charge in [0.2, 0.25) is 0 Å². The summed E-state index contributed by atoms with van der Waals surface area (Å²) in [4.78, 5) is 24.4. The van der Waals surface area contributed by atoms with Crippen molar-refractivity contribution in [1.29, 1.82) is 0 Å². The van der Waals surface area contributed by atoms with Gasteiger partial charge in [-0.05, 0) is 48.0 Å². The van der Waals surface area contributed by atoms with E-state index in [-0.39, 0.29) is 18.4 Å². The molecule has 0 unspecified atom stereocenters. The molecule has 0 aliphatic carbocycles. The van der Waals surface area contributed by atoms with Gasteiger partial charge in [-0.2, -0.15) is 0 Å². The summed E-state index contributed by atoms with van der Waals surface area (Å²) in [6.45, 7) is 0.323. The van der Waals surface area contributed by atoms with Crippen molar-refractivity contribution in [2.24, 2.45) is 0 Å².